The Morgan fingerprint density at radius 3 is 2.94 bits per heavy atom. The molecule has 0 unspecified atom stereocenters. The van der Waals surface area contributed by atoms with E-state index in [1.54, 1.807) is 4.90 Å². The zero-order valence-electron chi connectivity index (χ0n) is 9.63. The zero-order chi connectivity index (χ0) is 11.7. The number of benzene rings is 1. The Morgan fingerprint density at radius 2 is 2.18 bits per heavy atom. The summed E-state index contributed by atoms with van der Waals surface area (Å²) in [5.74, 6) is 0. The van der Waals surface area contributed by atoms with Crippen LogP contribution in [0.3, 0.4) is 0 Å². The summed E-state index contributed by atoms with van der Waals surface area (Å²) in [6.07, 6.45) is 0.853. The van der Waals surface area contributed by atoms with Crippen molar-refractivity contribution in [1.29, 1.82) is 0 Å². The summed E-state index contributed by atoms with van der Waals surface area (Å²) < 4.78 is 5.29. The lowest BCUT2D eigenvalue weighted by Gasteiger charge is -2.24. The SMILES string of the molecule is O=C(OCc1ccccc1)N1CC[C@@H]2N[C@H]2C1. The lowest BCUT2D eigenvalue weighted by atomic mass is 10.1. The number of rotatable bonds is 2. The van der Waals surface area contributed by atoms with Crippen molar-refractivity contribution in [1.82, 2.24) is 10.2 Å². The molecule has 0 saturated carbocycles. The van der Waals surface area contributed by atoms with Crippen molar-refractivity contribution in [3.63, 3.8) is 0 Å². The molecule has 0 radical (unpaired) electrons. The topological polar surface area (TPSA) is 51.5 Å². The molecule has 0 bridgehead atoms. The Morgan fingerprint density at radius 1 is 1.35 bits per heavy atom. The highest BCUT2D eigenvalue weighted by Crippen LogP contribution is 2.22. The molecule has 2 fully saturated rings. The van der Waals surface area contributed by atoms with Gasteiger partial charge in [0.05, 0.1) is 0 Å². The molecule has 4 heteroatoms. The third-order valence-electron chi connectivity index (χ3n) is 3.40. The van der Waals surface area contributed by atoms with Crippen LogP contribution in [0.15, 0.2) is 30.3 Å². The molecule has 1 aromatic carbocycles. The first-order valence-electron chi connectivity index (χ1n) is 6.04. The van der Waals surface area contributed by atoms with Gasteiger partial charge in [-0.25, -0.2) is 4.79 Å². The molecule has 0 aliphatic carbocycles. The lowest BCUT2D eigenvalue weighted by molar-refractivity contribution is 0.0927. The molecule has 2 heterocycles. The van der Waals surface area contributed by atoms with Gasteiger partial charge in [-0.15, -0.1) is 0 Å². The van der Waals surface area contributed by atoms with E-state index in [0.29, 0.717) is 18.7 Å². The van der Waals surface area contributed by atoms with Crippen molar-refractivity contribution < 1.29 is 9.53 Å². The molecule has 2 aliphatic heterocycles. The van der Waals surface area contributed by atoms with Crippen LogP contribution >= 0.6 is 0 Å². The Kier molecular flexibility index (Phi) is 2.73. The Bertz CT molecular complexity index is 407. The summed E-state index contributed by atoms with van der Waals surface area (Å²) in [6.45, 7) is 1.96. The second-order valence-corrected chi connectivity index (χ2v) is 4.65. The number of piperidine rings is 1. The van der Waals surface area contributed by atoms with Crippen molar-refractivity contribution in [3.8, 4) is 0 Å². The minimum atomic E-state index is -0.194. The third-order valence-corrected chi connectivity index (χ3v) is 3.40. The van der Waals surface area contributed by atoms with Gasteiger partial charge in [0.2, 0.25) is 0 Å². The van der Waals surface area contributed by atoms with Gasteiger partial charge in [-0.3, -0.25) is 0 Å². The van der Waals surface area contributed by atoms with Crippen LogP contribution in [-0.4, -0.2) is 36.2 Å². The largest absolute Gasteiger partial charge is 0.445 e. The number of nitrogens with one attached hydrogen (secondary N) is 1. The van der Waals surface area contributed by atoms with Crippen LogP contribution in [0.4, 0.5) is 4.79 Å². The number of hydrogen-bond donors (Lipinski definition) is 1. The predicted molar refractivity (Wildman–Crippen MR) is 63.5 cm³/mol. The van der Waals surface area contributed by atoms with E-state index < -0.39 is 0 Å². The first-order valence-corrected chi connectivity index (χ1v) is 6.04. The molecule has 2 saturated heterocycles. The number of carbonyl (C=O) groups is 1. The molecule has 2 atom stereocenters. The number of hydrogen-bond acceptors (Lipinski definition) is 3. The van der Waals surface area contributed by atoms with Crippen molar-refractivity contribution in [2.45, 2.75) is 25.1 Å². The smallest absolute Gasteiger partial charge is 0.410 e. The van der Waals surface area contributed by atoms with Crippen LogP contribution in [0, 0.1) is 0 Å². The van der Waals surface area contributed by atoms with E-state index in [0.717, 1.165) is 25.1 Å². The zero-order valence-corrected chi connectivity index (χ0v) is 9.63. The van der Waals surface area contributed by atoms with E-state index in [1.807, 2.05) is 30.3 Å². The van der Waals surface area contributed by atoms with E-state index in [-0.39, 0.29) is 6.09 Å². The number of amides is 1. The first-order chi connectivity index (χ1) is 8.33. The maximum Gasteiger partial charge on any atom is 0.410 e. The van der Waals surface area contributed by atoms with E-state index in [1.165, 1.54) is 0 Å². The van der Waals surface area contributed by atoms with Crippen molar-refractivity contribution >= 4 is 6.09 Å². The summed E-state index contributed by atoms with van der Waals surface area (Å²) in [7, 11) is 0. The molecule has 3 rings (SSSR count). The van der Waals surface area contributed by atoms with Gasteiger partial charge in [-0.05, 0) is 12.0 Å². The van der Waals surface area contributed by atoms with Gasteiger partial charge in [-0.2, -0.15) is 0 Å². The van der Waals surface area contributed by atoms with E-state index in [4.69, 9.17) is 4.74 Å². The summed E-state index contributed by atoms with van der Waals surface area (Å²) >= 11 is 0. The molecule has 0 spiro atoms. The van der Waals surface area contributed by atoms with Crippen LogP contribution in [0.5, 0.6) is 0 Å². The molecule has 2 aliphatic rings. The average Bonchev–Trinajstić information content (AvgIpc) is 3.15. The second kappa shape index (κ2) is 4.37. The lowest BCUT2D eigenvalue weighted by Crippen LogP contribution is -2.39. The van der Waals surface area contributed by atoms with Crippen molar-refractivity contribution in [3.05, 3.63) is 35.9 Å². The third kappa shape index (κ3) is 2.42. The fraction of sp³-hybridized carbons (Fsp3) is 0.462. The van der Waals surface area contributed by atoms with E-state index >= 15 is 0 Å². The molecular weight excluding hydrogens is 216 g/mol. The van der Waals surface area contributed by atoms with Gasteiger partial charge in [0, 0.05) is 25.2 Å². The van der Waals surface area contributed by atoms with Crippen molar-refractivity contribution in [2.24, 2.45) is 0 Å². The molecular formula is C13H16N2O2. The maximum absolute atomic E-state index is 11.8. The number of ether oxygens (including phenoxy) is 1. The summed E-state index contributed by atoms with van der Waals surface area (Å²) in [5, 5.41) is 3.34. The summed E-state index contributed by atoms with van der Waals surface area (Å²) in [5.41, 5.74) is 1.03. The first kappa shape index (κ1) is 10.6. The minimum Gasteiger partial charge on any atom is -0.445 e. The Balaban J connectivity index is 1.50. The highest BCUT2D eigenvalue weighted by Gasteiger charge is 2.42. The normalized spacial score (nSPS) is 26.2. The van der Waals surface area contributed by atoms with Crippen LogP contribution in [0.2, 0.25) is 0 Å². The second-order valence-electron chi connectivity index (χ2n) is 4.65. The number of fused-ring (bicyclic) bond motifs is 1. The fourth-order valence-electron chi connectivity index (χ4n) is 2.28. The number of nitrogens with zero attached hydrogens (tertiary/aromatic N) is 1. The molecule has 90 valence electrons. The Labute approximate surface area is 101 Å². The monoisotopic (exact) mass is 232 g/mol. The predicted octanol–water partition coefficient (Wildman–Crippen LogP) is 1.37. The molecule has 1 amide bonds. The molecule has 4 nitrogen and oxygen atoms in total. The van der Waals surface area contributed by atoms with Gasteiger partial charge in [0.25, 0.3) is 0 Å². The van der Waals surface area contributed by atoms with Crippen LogP contribution in [0.25, 0.3) is 0 Å². The number of likely N-dealkylation sites (tertiary alicyclic amines) is 1. The van der Waals surface area contributed by atoms with E-state index in [2.05, 4.69) is 5.32 Å². The van der Waals surface area contributed by atoms with Crippen LogP contribution < -0.4 is 5.32 Å². The van der Waals surface area contributed by atoms with Gasteiger partial charge in [0.15, 0.2) is 0 Å². The van der Waals surface area contributed by atoms with Gasteiger partial charge in [-0.1, -0.05) is 30.3 Å². The highest BCUT2D eigenvalue weighted by atomic mass is 16.6. The summed E-state index contributed by atoms with van der Waals surface area (Å²) in [6, 6.07) is 10.9. The minimum absolute atomic E-state index is 0.194. The van der Waals surface area contributed by atoms with Gasteiger partial charge < -0.3 is 15.0 Å². The quantitative estimate of drug-likeness (QED) is 0.783. The molecule has 0 aromatic heterocycles. The average molecular weight is 232 g/mol. The Hall–Kier alpha value is -1.55. The number of carbonyl (C=O) groups excluding carboxylic acids is 1. The van der Waals surface area contributed by atoms with Gasteiger partial charge >= 0.3 is 6.09 Å². The van der Waals surface area contributed by atoms with Crippen LogP contribution in [-0.2, 0) is 11.3 Å². The van der Waals surface area contributed by atoms with E-state index in [9.17, 15) is 4.79 Å². The standard InChI is InChI=1S/C13H16N2O2/c16-13(15-7-6-11-12(8-15)14-11)17-9-10-4-2-1-3-5-10/h1-5,11-12,14H,6-9H2/t11-,12-/m0/s1. The van der Waals surface area contributed by atoms with Crippen molar-refractivity contribution in [2.75, 3.05) is 13.1 Å². The van der Waals surface area contributed by atoms with Gasteiger partial charge in [0.1, 0.15) is 6.61 Å². The fourth-order valence-corrected chi connectivity index (χ4v) is 2.28. The summed E-state index contributed by atoms with van der Waals surface area (Å²) in [4.78, 5) is 13.6. The molecule has 17 heavy (non-hydrogen) atoms. The molecule has 1 N–H and O–H groups in total. The molecule has 1 aromatic rings. The van der Waals surface area contributed by atoms with Crippen LogP contribution in [0.1, 0.15) is 12.0 Å². The maximum atomic E-state index is 11.8. The highest BCUT2D eigenvalue weighted by molar-refractivity contribution is 5.68.